The van der Waals surface area contributed by atoms with E-state index in [2.05, 4.69) is 32.7 Å². The van der Waals surface area contributed by atoms with Crippen LogP contribution in [0.2, 0.25) is 0 Å². The summed E-state index contributed by atoms with van der Waals surface area (Å²) in [6, 6.07) is 10.1. The van der Waals surface area contributed by atoms with E-state index < -0.39 is 0 Å². The zero-order valence-corrected chi connectivity index (χ0v) is 11.3. The Bertz CT molecular complexity index is 456. The number of hydrogen-bond donors (Lipinski definition) is 1. The molecule has 0 bridgehead atoms. The highest BCUT2D eigenvalue weighted by Gasteiger charge is 2.07. The molecule has 0 saturated heterocycles. The van der Waals surface area contributed by atoms with Gasteiger partial charge in [0.25, 0.3) is 0 Å². The molecule has 1 N–H and O–H groups in total. The van der Waals surface area contributed by atoms with Crippen molar-refractivity contribution in [2.24, 2.45) is 0 Å². The lowest BCUT2D eigenvalue weighted by Gasteiger charge is -2.12. The van der Waals surface area contributed by atoms with E-state index in [1.807, 2.05) is 31.3 Å². The first-order chi connectivity index (χ1) is 7.81. The zero-order valence-electron chi connectivity index (χ0n) is 8.87. The fraction of sp³-hybridized carbons (Fsp3) is 0.167. The molecule has 1 aromatic heterocycles. The standard InChI is InChI=1S/C12H12BrNOS/c1-14-11-6-2-5-10(13)12(11)15-8-9-4-3-7-16-9/h2-7,14H,8H2,1H3. The summed E-state index contributed by atoms with van der Waals surface area (Å²) in [7, 11) is 1.89. The number of nitrogens with one attached hydrogen (secondary N) is 1. The van der Waals surface area contributed by atoms with Gasteiger partial charge in [-0.15, -0.1) is 11.3 Å². The van der Waals surface area contributed by atoms with Crippen LogP contribution in [0.15, 0.2) is 40.2 Å². The Morgan fingerprint density at radius 2 is 2.19 bits per heavy atom. The molecule has 0 fully saturated rings. The molecule has 0 spiro atoms. The molecule has 1 aromatic carbocycles. The normalized spacial score (nSPS) is 10.1. The minimum Gasteiger partial charge on any atom is -0.485 e. The summed E-state index contributed by atoms with van der Waals surface area (Å²) in [5.41, 5.74) is 0.992. The molecule has 0 saturated carbocycles. The van der Waals surface area contributed by atoms with Gasteiger partial charge in [-0.05, 0) is 39.5 Å². The molecule has 4 heteroatoms. The van der Waals surface area contributed by atoms with Crippen molar-refractivity contribution < 1.29 is 4.74 Å². The summed E-state index contributed by atoms with van der Waals surface area (Å²) >= 11 is 5.19. The number of halogens is 1. The monoisotopic (exact) mass is 297 g/mol. The SMILES string of the molecule is CNc1cccc(Br)c1OCc1cccs1. The lowest BCUT2D eigenvalue weighted by atomic mass is 10.3. The second-order valence-corrected chi connectivity index (χ2v) is 5.12. The van der Waals surface area contributed by atoms with E-state index in [0.29, 0.717) is 6.61 Å². The highest BCUT2D eigenvalue weighted by Crippen LogP contribution is 2.33. The Labute approximate surface area is 107 Å². The quantitative estimate of drug-likeness (QED) is 0.916. The van der Waals surface area contributed by atoms with Gasteiger partial charge in [0, 0.05) is 11.9 Å². The van der Waals surface area contributed by atoms with Gasteiger partial charge in [0.15, 0.2) is 5.75 Å². The van der Waals surface area contributed by atoms with Gasteiger partial charge in [0.05, 0.1) is 10.2 Å². The van der Waals surface area contributed by atoms with Crippen LogP contribution in [0.5, 0.6) is 5.75 Å². The Hall–Kier alpha value is -1.00. The number of thiophene rings is 1. The van der Waals surface area contributed by atoms with Crippen LogP contribution in [0.4, 0.5) is 5.69 Å². The third-order valence-electron chi connectivity index (χ3n) is 2.18. The smallest absolute Gasteiger partial charge is 0.157 e. The average Bonchev–Trinajstić information content (AvgIpc) is 2.80. The van der Waals surface area contributed by atoms with E-state index in [4.69, 9.17) is 4.74 Å². The van der Waals surface area contributed by atoms with E-state index in [1.54, 1.807) is 11.3 Å². The number of ether oxygens (including phenoxy) is 1. The number of para-hydroxylation sites is 1. The van der Waals surface area contributed by atoms with Crippen LogP contribution in [0.1, 0.15) is 4.88 Å². The zero-order chi connectivity index (χ0) is 11.4. The lowest BCUT2D eigenvalue weighted by molar-refractivity contribution is 0.309. The molecule has 0 aliphatic heterocycles. The minimum atomic E-state index is 0.606. The number of rotatable bonds is 4. The van der Waals surface area contributed by atoms with Crippen LogP contribution in [-0.2, 0) is 6.61 Å². The molecule has 2 rings (SSSR count). The van der Waals surface area contributed by atoms with Crippen molar-refractivity contribution in [2.45, 2.75) is 6.61 Å². The summed E-state index contributed by atoms with van der Waals surface area (Å²) in [5, 5.41) is 5.17. The van der Waals surface area contributed by atoms with Crippen molar-refractivity contribution >= 4 is 33.0 Å². The summed E-state index contributed by atoms with van der Waals surface area (Å²) in [5.74, 6) is 0.860. The summed E-state index contributed by atoms with van der Waals surface area (Å²) in [6.07, 6.45) is 0. The molecule has 0 radical (unpaired) electrons. The summed E-state index contributed by atoms with van der Waals surface area (Å²) < 4.78 is 6.77. The maximum absolute atomic E-state index is 5.80. The van der Waals surface area contributed by atoms with Crippen LogP contribution < -0.4 is 10.1 Å². The largest absolute Gasteiger partial charge is 0.485 e. The molecule has 84 valence electrons. The van der Waals surface area contributed by atoms with Crippen molar-refractivity contribution in [3.8, 4) is 5.75 Å². The molecule has 0 aliphatic carbocycles. The van der Waals surface area contributed by atoms with Crippen molar-refractivity contribution in [1.29, 1.82) is 0 Å². The Kier molecular flexibility index (Phi) is 3.85. The molecule has 2 nitrogen and oxygen atoms in total. The topological polar surface area (TPSA) is 21.3 Å². The molecular weight excluding hydrogens is 286 g/mol. The number of hydrogen-bond acceptors (Lipinski definition) is 3. The fourth-order valence-electron chi connectivity index (χ4n) is 1.39. The predicted octanol–water partition coefficient (Wildman–Crippen LogP) is 4.13. The third-order valence-corrected chi connectivity index (χ3v) is 3.65. The molecule has 0 unspecified atom stereocenters. The van der Waals surface area contributed by atoms with Crippen molar-refractivity contribution in [2.75, 3.05) is 12.4 Å². The molecular formula is C12H12BrNOS. The molecule has 0 atom stereocenters. The summed E-state index contributed by atoms with van der Waals surface area (Å²) in [4.78, 5) is 1.22. The lowest BCUT2D eigenvalue weighted by Crippen LogP contribution is -1.98. The highest BCUT2D eigenvalue weighted by atomic mass is 79.9. The Morgan fingerprint density at radius 1 is 1.31 bits per heavy atom. The molecule has 16 heavy (non-hydrogen) atoms. The van der Waals surface area contributed by atoms with Gasteiger partial charge >= 0.3 is 0 Å². The van der Waals surface area contributed by atoms with Crippen molar-refractivity contribution in [3.05, 3.63) is 45.1 Å². The van der Waals surface area contributed by atoms with E-state index in [-0.39, 0.29) is 0 Å². The maximum Gasteiger partial charge on any atom is 0.157 e. The van der Waals surface area contributed by atoms with Crippen molar-refractivity contribution in [1.82, 2.24) is 0 Å². The van der Waals surface area contributed by atoms with Gasteiger partial charge in [0.1, 0.15) is 6.61 Å². The van der Waals surface area contributed by atoms with Crippen LogP contribution in [-0.4, -0.2) is 7.05 Å². The first kappa shape index (κ1) is 11.5. The van der Waals surface area contributed by atoms with Gasteiger partial charge in [-0.25, -0.2) is 0 Å². The molecule has 2 aromatic rings. The van der Waals surface area contributed by atoms with Crippen LogP contribution in [0.25, 0.3) is 0 Å². The van der Waals surface area contributed by atoms with Crippen molar-refractivity contribution in [3.63, 3.8) is 0 Å². The first-order valence-electron chi connectivity index (χ1n) is 4.92. The van der Waals surface area contributed by atoms with Crippen LogP contribution in [0, 0.1) is 0 Å². The molecule has 1 heterocycles. The van der Waals surface area contributed by atoms with E-state index in [0.717, 1.165) is 15.9 Å². The highest BCUT2D eigenvalue weighted by molar-refractivity contribution is 9.10. The average molecular weight is 298 g/mol. The Morgan fingerprint density at radius 3 is 2.88 bits per heavy atom. The number of anilines is 1. The number of benzene rings is 1. The van der Waals surface area contributed by atoms with E-state index in [1.165, 1.54) is 4.88 Å². The predicted molar refractivity (Wildman–Crippen MR) is 72.3 cm³/mol. The van der Waals surface area contributed by atoms with Crippen LogP contribution >= 0.6 is 27.3 Å². The van der Waals surface area contributed by atoms with Gasteiger partial charge < -0.3 is 10.1 Å². The summed E-state index contributed by atoms with van der Waals surface area (Å²) in [6.45, 7) is 0.606. The van der Waals surface area contributed by atoms with Gasteiger partial charge in [-0.3, -0.25) is 0 Å². The van der Waals surface area contributed by atoms with Crippen LogP contribution in [0.3, 0.4) is 0 Å². The molecule has 0 amide bonds. The van der Waals surface area contributed by atoms with E-state index >= 15 is 0 Å². The minimum absolute atomic E-state index is 0.606. The fourth-order valence-corrected chi connectivity index (χ4v) is 2.49. The van der Waals surface area contributed by atoms with Gasteiger partial charge in [-0.2, -0.15) is 0 Å². The molecule has 0 aliphatic rings. The third kappa shape index (κ3) is 2.57. The second kappa shape index (κ2) is 5.37. The van der Waals surface area contributed by atoms with Gasteiger partial charge in [0.2, 0.25) is 0 Å². The van der Waals surface area contributed by atoms with Gasteiger partial charge in [-0.1, -0.05) is 12.1 Å². The maximum atomic E-state index is 5.80. The second-order valence-electron chi connectivity index (χ2n) is 3.23. The van der Waals surface area contributed by atoms with E-state index in [9.17, 15) is 0 Å². The Balaban J connectivity index is 2.14. The first-order valence-corrected chi connectivity index (χ1v) is 6.60.